The molecule has 124 valence electrons. The smallest absolute Gasteiger partial charge is 0.151 e. The summed E-state index contributed by atoms with van der Waals surface area (Å²) in [4.78, 5) is 4.58. The van der Waals surface area contributed by atoms with Gasteiger partial charge in [0.05, 0.1) is 11.4 Å². The van der Waals surface area contributed by atoms with Crippen molar-refractivity contribution in [3.63, 3.8) is 0 Å². The molecule has 0 amide bonds. The largest absolute Gasteiger partial charge is 0.352 e. The van der Waals surface area contributed by atoms with Crippen molar-refractivity contribution in [2.45, 2.75) is 38.8 Å². The van der Waals surface area contributed by atoms with E-state index in [1.807, 2.05) is 13.2 Å². The van der Waals surface area contributed by atoms with Gasteiger partial charge in [0.1, 0.15) is 0 Å². The van der Waals surface area contributed by atoms with E-state index in [4.69, 9.17) is 0 Å². The van der Waals surface area contributed by atoms with E-state index in [0.717, 1.165) is 36.8 Å². The lowest BCUT2D eigenvalue weighted by Crippen LogP contribution is -2.58. The van der Waals surface area contributed by atoms with Crippen LogP contribution in [0.1, 0.15) is 32.2 Å². The van der Waals surface area contributed by atoms with Gasteiger partial charge in [-0.1, -0.05) is 26.0 Å². The molecule has 0 aliphatic carbocycles. The van der Waals surface area contributed by atoms with Crippen LogP contribution in [-0.2, 0) is 19.0 Å². The molecular formula is C16H25N7. The summed E-state index contributed by atoms with van der Waals surface area (Å²) in [6.07, 6.45) is 1.96. The van der Waals surface area contributed by atoms with Crippen molar-refractivity contribution in [1.82, 2.24) is 30.1 Å². The summed E-state index contributed by atoms with van der Waals surface area (Å²) in [7, 11) is 4.02. The van der Waals surface area contributed by atoms with Crippen LogP contribution in [0.3, 0.4) is 0 Å². The summed E-state index contributed by atoms with van der Waals surface area (Å²) < 4.78 is 1.74. The molecular weight excluding hydrogens is 290 g/mol. The Bertz CT molecular complexity index is 650. The van der Waals surface area contributed by atoms with Crippen LogP contribution in [-0.4, -0.2) is 56.3 Å². The topological polar surface area (TPSA) is 63.0 Å². The number of hydrogen-bond acceptors (Lipinski definition) is 6. The highest BCUT2D eigenvalue weighted by molar-refractivity contribution is 5.42. The molecule has 0 unspecified atom stereocenters. The maximum absolute atomic E-state index is 4.38. The first-order valence-electron chi connectivity index (χ1n) is 7.97. The van der Waals surface area contributed by atoms with E-state index >= 15 is 0 Å². The van der Waals surface area contributed by atoms with Crippen molar-refractivity contribution in [2.75, 3.05) is 25.0 Å². The monoisotopic (exact) mass is 315 g/mol. The molecule has 1 aliphatic rings. The predicted molar refractivity (Wildman–Crippen MR) is 89.2 cm³/mol. The lowest BCUT2D eigenvalue weighted by Gasteiger charge is -2.44. The maximum atomic E-state index is 4.38. The van der Waals surface area contributed by atoms with Crippen molar-refractivity contribution >= 4 is 5.82 Å². The lowest BCUT2D eigenvalue weighted by molar-refractivity contribution is 0.194. The van der Waals surface area contributed by atoms with Crippen molar-refractivity contribution in [3.8, 4) is 0 Å². The molecule has 0 atom stereocenters. The fourth-order valence-electron chi connectivity index (χ4n) is 2.67. The number of rotatable bonds is 4. The van der Waals surface area contributed by atoms with E-state index in [-0.39, 0.29) is 5.41 Å². The minimum Gasteiger partial charge on any atom is -0.352 e. The highest BCUT2D eigenvalue weighted by Gasteiger charge is 2.31. The molecule has 23 heavy (non-hydrogen) atoms. The van der Waals surface area contributed by atoms with Crippen LogP contribution in [0.2, 0.25) is 0 Å². The van der Waals surface area contributed by atoms with Crippen LogP contribution in [0, 0.1) is 0 Å². The Morgan fingerprint density at radius 2 is 1.91 bits per heavy atom. The van der Waals surface area contributed by atoms with E-state index in [9.17, 15) is 0 Å². The Labute approximate surface area is 137 Å². The fourth-order valence-corrected chi connectivity index (χ4v) is 2.67. The van der Waals surface area contributed by atoms with Crippen LogP contribution in [0.25, 0.3) is 0 Å². The normalized spacial score (nSPS) is 16.0. The molecule has 2 aromatic rings. The molecule has 0 spiro atoms. The Kier molecular flexibility index (Phi) is 4.06. The van der Waals surface area contributed by atoms with Gasteiger partial charge in [-0.3, -0.25) is 9.58 Å². The van der Waals surface area contributed by atoms with Gasteiger partial charge in [0.15, 0.2) is 5.82 Å². The third-order valence-electron chi connectivity index (χ3n) is 4.29. The average Bonchev–Trinajstić information content (AvgIpc) is 2.82. The van der Waals surface area contributed by atoms with Crippen LogP contribution in [0.4, 0.5) is 5.82 Å². The first-order chi connectivity index (χ1) is 10.8. The third kappa shape index (κ3) is 3.50. The molecule has 1 fully saturated rings. The summed E-state index contributed by atoms with van der Waals surface area (Å²) >= 11 is 0. The molecule has 1 saturated heterocycles. The molecule has 0 aromatic carbocycles. The molecule has 1 aliphatic heterocycles. The first-order valence-corrected chi connectivity index (χ1v) is 7.97. The molecule has 0 saturated carbocycles. The summed E-state index contributed by atoms with van der Waals surface area (Å²) in [5, 5.41) is 16.9. The van der Waals surface area contributed by atoms with E-state index in [1.54, 1.807) is 4.68 Å². The number of likely N-dealkylation sites (N-methyl/N-ethyl adjacent to an activating group) is 1. The molecule has 7 nitrogen and oxygen atoms in total. The second kappa shape index (κ2) is 5.88. The molecule has 0 N–H and O–H groups in total. The summed E-state index contributed by atoms with van der Waals surface area (Å²) in [6.45, 7) is 9.22. The third-order valence-corrected chi connectivity index (χ3v) is 4.29. The summed E-state index contributed by atoms with van der Waals surface area (Å²) in [5.74, 6) is 0.960. The van der Waals surface area contributed by atoms with Gasteiger partial charge in [-0.25, -0.2) is 0 Å². The number of hydrogen-bond donors (Lipinski definition) is 0. The van der Waals surface area contributed by atoms with Crippen LogP contribution >= 0.6 is 0 Å². The van der Waals surface area contributed by atoms with Gasteiger partial charge in [-0.05, 0) is 19.2 Å². The summed E-state index contributed by atoms with van der Waals surface area (Å²) in [6, 6.07) is 4.67. The van der Waals surface area contributed by atoms with E-state index in [2.05, 4.69) is 70.3 Å². The van der Waals surface area contributed by atoms with Gasteiger partial charge in [0.2, 0.25) is 0 Å². The van der Waals surface area contributed by atoms with E-state index in [0.29, 0.717) is 6.04 Å². The van der Waals surface area contributed by atoms with Gasteiger partial charge >= 0.3 is 0 Å². The van der Waals surface area contributed by atoms with Crippen molar-refractivity contribution < 1.29 is 0 Å². The number of aromatic nitrogens is 5. The minimum absolute atomic E-state index is 0.0416. The predicted octanol–water partition coefficient (Wildman–Crippen LogP) is 1.22. The van der Waals surface area contributed by atoms with E-state index < -0.39 is 0 Å². The zero-order valence-electron chi connectivity index (χ0n) is 14.6. The van der Waals surface area contributed by atoms with E-state index in [1.165, 1.54) is 0 Å². The molecule has 0 radical (unpaired) electrons. The van der Waals surface area contributed by atoms with Gasteiger partial charge in [-0.15, -0.1) is 10.2 Å². The maximum Gasteiger partial charge on any atom is 0.151 e. The standard InChI is InChI=1S/C16H25N7/c1-16(2,3)14-6-7-15(19-18-14)23-10-13(11-23)21(4)8-12-9-22(5)20-17-12/h6-7,9,13H,8,10-11H2,1-5H3. The van der Waals surface area contributed by atoms with Gasteiger partial charge in [0, 0.05) is 44.3 Å². The Morgan fingerprint density at radius 3 is 2.43 bits per heavy atom. The van der Waals surface area contributed by atoms with Crippen molar-refractivity contribution in [2.24, 2.45) is 7.05 Å². The minimum atomic E-state index is 0.0416. The van der Waals surface area contributed by atoms with Gasteiger partial charge in [-0.2, -0.15) is 5.10 Å². The quantitative estimate of drug-likeness (QED) is 0.845. The number of aryl methyl sites for hydroxylation is 1. The van der Waals surface area contributed by atoms with Gasteiger partial charge in [0.25, 0.3) is 0 Å². The number of anilines is 1. The number of nitrogens with zero attached hydrogens (tertiary/aromatic N) is 7. The first kappa shape index (κ1) is 15.9. The molecule has 2 aromatic heterocycles. The van der Waals surface area contributed by atoms with Crippen LogP contribution in [0.15, 0.2) is 18.3 Å². The zero-order chi connectivity index (χ0) is 16.6. The Balaban J connectivity index is 1.54. The summed E-state index contributed by atoms with van der Waals surface area (Å²) in [5.41, 5.74) is 2.07. The molecule has 7 heteroatoms. The fraction of sp³-hybridized carbons (Fsp3) is 0.625. The van der Waals surface area contributed by atoms with Crippen molar-refractivity contribution in [3.05, 3.63) is 29.7 Å². The molecule has 3 rings (SSSR count). The average molecular weight is 315 g/mol. The van der Waals surface area contributed by atoms with Crippen LogP contribution < -0.4 is 4.90 Å². The van der Waals surface area contributed by atoms with Crippen LogP contribution in [0.5, 0.6) is 0 Å². The molecule has 3 heterocycles. The highest BCUT2D eigenvalue weighted by Crippen LogP contribution is 2.24. The zero-order valence-corrected chi connectivity index (χ0v) is 14.6. The van der Waals surface area contributed by atoms with Gasteiger partial charge < -0.3 is 4.90 Å². The second-order valence-electron chi connectivity index (χ2n) is 7.38. The van der Waals surface area contributed by atoms with Crippen molar-refractivity contribution in [1.29, 1.82) is 0 Å². The lowest BCUT2D eigenvalue weighted by atomic mass is 9.92. The highest BCUT2D eigenvalue weighted by atomic mass is 15.4. The Morgan fingerprint density at radius 1 is 1.17 bits per heavy atom. The Hall–Kier alpha value is -2.02. The second-order valence-corrected chi connectivity index (χ2v) is 7.38. The SMILES string of the molecule is CN(Cc1cn(C)nn1)C1CN(c2ccc(C(C)(C)C)nn2)C1. The molecule has 0 bridgehead atoms.